The first-order valence-corrected chi connectivity index (χ1v) is 7.74. The van der Waals surface area contributed by atoms with Crippen LogP contribution in [0.15, 0.2) is 18.2 Å². The zero-order valence-electron chi connectivity index (χ0n) is 11.2. The highest BCUT2D eigenvalue weighted by Crippen LogP contribution is 2.20. The molecule has 1 nitrogen and oxygen atoms in total. The van der Waals surface area contributed by atoms with Crippen molar-refractivity contribution in [1.29, 1.82) is 0 Å². The van der Waals surface area contributed by atoms with Gasteiger partial charge in [-0.2, -0.15) is 11.8 Å². The summed E-state index contributed by atoms with van der Waals surface area (Å²) in [6, 6.07) is 4.90. The summed E-state index contributed by atoms with van der Waals surface area (Å²) in [6.45, 7) is 7.36. The number of nitrogens with one attached hydrogen (secondary N) is 1. The fourth-order valence-corrected chi connectivity index (χ4v) is 2.80. The quantitative estimate of drug-likeness (QED) is 0.809. The first kappa shape index (κ1) is 15.8. The van der Waals surface area contributed by atoms with E-state index >= 15 is 0 Å². The van der Waals surface area contributed by atoms with Crippen LogP contribution >= 0.6 is 23.4 Å². The molecule has 1 aromatic carbocycles. The van der Waals surface area contributed by atoms with Gasteiger partial charge in [0.05, 0.1) is 0 Å². The van der Waals surface area contributed by atoms with E-state index in [2.05, 4.69) is 26.1 Å². The Labute approximate surface area is 118 Å². The highest BCUT2D eigenvalue weighted by Gasteiger charge is 2.12. The van der Waals surface area contributed by atoms with Crippen molar-refractivity contribution >= 4 is 23.4 Å². The number of benzene rings is 1. The minimum absolute atomic E-state index is 0.221. The number of thioether (sulfide) groups is 1. The van der Waals surface area contributed by atoms with E-state index in [1.807, 2.05) is 11.8 Å². The second-order valence-corrected chi connectivity index (χ2v) is 6.59. The summed E-state index contributed by atoms with van der Waals surface area (Å²) in [5.74, 6) is 0.791. The second kappa shape index (κ2) is 8.03. The van der Waals surface area contributed by atoms with Crippen LogP contribution in [0.4, 0.5) is 4.39 Å². The number of likely N-dealkylation sites (N-methyl/N-ethyl adjacent to an activating group) is 1. The summed E-state index contributed by atoms with van der Waals surface area (Å²) in [5, 5.41) is 4.68. The molecule has 0 spiro atoms. The summed E-state index contributed by atoms with van der Waals surface area (Å²) in [7, 11) is 0. The van der Waals surface area contributed by atoms with Gasteiger partial charge in [-0.15, -0.1) is 0 Å². The molecule has 1 N–H and O–H groups in total. The molecular weight excluding hydrogens is 269 g/mol. The Balaban J connectivity index is 2.66. The van der Waals surface area contributed by atoms with Gasteiger partial charge in [0.15, 0.2) is 0 Å². The standard InChI is InChI=1S/C14H21ClFNS/c1-4-17-13(9-18-10(2)3)8-11-7-12(16)5-6-14(11)15/h5-7,10,13,17H,4,8-9H2,1-3H3. The molecule has 0 fully saturated rings. The van der Waals surface area contributed by atoms with Crippen molar-refractivity contribution in [3.8, 4) is 0 Å². The van der Waals surface area contributed by atoms with Crippen LogP contribution in [0.25, 0.3) is 0 Å². The van der Waals surface area contributed by atoms with Gasteiger partial charge in [0, 0.05) is 16.8 Å². The van der Waals surface area contributed by atoms with Crippen molar-refractivity contribution in [2.24, 2.45) is 0 Å². The molecule has 0 amide bonds. The van der Waals surface area contributed by atoms with Crippen LogP contribution in [-0.2, 0) is 6.42 Å². The summed E-state index contributed by atoms with van der Waals surface area (Å²) in [6.07, 6.45) is 0.768. The minimum Gasteiger partial charge on any atom is -0.313 e. The summed E-state index contributed by atoms with van der Waals surface area (Å²) < 4.78 is 13.2. The van der Waals surface area contributed by atoms with E-state index < -0.39 is 0 Å². The zero-order valence-corrected chi connectivity index (χ0v) is 12.7. The van der Waals surface area contributed by atoms with Crippen molar-refractivity contribution in [3.05, 3.63) is 34.6 Å². The van der Waals surface area contributed by atoms with Gasteiger partial charge in [-0.1, -0.05) is 32.4 Å². The average molecular weight is 290 g/mol. The van der Waals surface area contributed by atoms with E-state index in [4.69, 9.17) is 11.6 Å². The summed E-state index contributed by atoms with van der Waals surface area (Å²) in [5.41, 5.74) is 0.881. The lowest BCUT2D eigenvalue weighted by molar-refractivity contribution is 0.568. The molecule has 0 radical (unpaired) electrons. The topological polar surface area (TPSA) is 12.0 Å². The lowest BCUT2D eigenvalue weighted by Crippen LogP contribution is -2.33. The minimum atomic E-state index is -0.221. The van der Waals surface area contributed by atoms with Gasteiger partial charge in [-0.3, -0.25) is 0 Å². The molecule has 18 heavy (non-hydrogen) atoms. The van der Waals surface area contributed by atoms with Gasteiger partial charge >= 0.3 is 0 Å². The lowest BCUT2D eigenvalue weighted by Gasteiger charge is -2.19. The molecule has 1 rings (SSSR count). The van der Waals surface area contributed by atoms with Gasteiger partial charge < -0.3 is 5.32 Å². The zero-order chi connectivity index (χ0) is 13.5. The molecule has 0 saturated heterocycles. The summed E-state index contributed by atoms with van der Waals surface area (Å²) in [4.78, 5) is 0. The number of rotatable bonds is 7. The third-order valence-corrected chi connectivity index (χ3v) is 4.23. The maximum atomic E-state index is 13.2. The van der Waals surface area contributed by atoms with Crippen molar-refractivity contribution < 1.29 is 4.39 Å². The Kier molecular flexibility index (Phi) is 7.05. The maximum Gasteiger partial charge on any atom is 0.123 e. The molecule has 0 bridgehead atoms. The Morgan fingerprint density at radius 2 is 2.11 bits per heavy atom. The lowest BCUT2D eigenvalue weighted by atomic mass is 10.1. The first-order valence-electron chi connectivity index (χ1n) is 6.31. The molecule has 0 aliphatic heterocycles. The van der Waals surface area contributed by atoms with Gasteiger partial charge in [0.1, 0.15) is 5.82 Å². The van der Waals surface area contributed by atoms with Crippen LogP contribution in [0.5, 0.6) is 0 Å². The molecule has 1 atom stereocenters. The summed E-state index contributed by atoms with van der Waals surface area (Å²) >= 11 is 8.01. The highest BCUT2D eigenvalue weighted by atomic mass is 35.5. The number of hydrogen-bond donors (Lipinski definition) is 1. The van der Waals surface area contributed by atoms with Crippen LogP contribution in [-0.4, -0.2) is 23.6 Å². The third kappa shape index (κ3) is 5.59. The number of halogens is 2. The normalized spacial score (nSPS) is 13.0. The molecule has 1 aromatic rings. The largest absolute Gasteiger partial charge is 0.313 e. The predicted molar refractivity (Wildman–Crippen MR) is 80.2 cm³/mol. The van der Waals surface area contributed by atoms with Crippen molar-refractivity contribution in [1.82, 2.24) is 5.32 Å². The van der Waals surface area contributed by atoms with Crippen LogP contribution in [0.2, 0.25) is 5.02 Å². The molecule has 102 valence electrons. The Bertz CT molecular complexity index is 371. The van der Waals surface area contributed by atoms with E-state index in [1.54, 1.807) is 6.07 Å². The molecular formula is C14H21ClFNS. The molecule has 0 saturated carbocycles. The van der Waals surface area contributed by atoms with Crippen molar-refractivity contribution in [2.45, 2.75) is 38.5 Å². The van der Waals surface area contributed by atoms with E-state index in [0.717, 1.165) is 24.3 Å². The van der Waals surface area contributed by atoms with Crippen LogP contribution in [0, 0.1) is 5.82 Å². The van der Waals surface area contributed by atoms with Crippen LogP contribution in [0.3, 0.4) is 0 Å². The van der Waals surface area contributed by atoms with E-state index in [-0.39, 0.29) is 5.82 Å². The monoisotopic (exact) mass is 289 g/mol. The molecule has 4 heteroatoms. The fourth-order valence-electron chi connectivity index (χ4n) is 1.75. The second-order valence-electron chi connectivity index (χ2n) is 4.58. The smallest absolute Gasteiger partial charge is 0.123 e. The van der Waals surface area contributed by atoms with Crippen molar-refractivity contribution in [3.63, 3.8) is 0 Å². The van der Waals surface area contributed by atoms with Crippen LogP contribution < -0.4 is 5.32 Å². The predicted octanol–water partition coefficient (Wildman–Crippen LogP) is 4.14. The van der Waals surface area contributed by atoms with Gasteiger partial charge in [-0.05, 0) is 42.0 Å². The van der Waals surface area contributed by atoms with E-state index in [1.165, 1.54) is 12.1 Å². The van der Waals surface area contributed by atoms with Crippen LogP contribution in [0.1, 0.15) is 26.3 Å². The highest BCUT2D eigenvalue weighted by molar-refractivity contribution is 7.99. The molecule has 1 unspecified atom stereocenters. The van der Waals surface area contributed by atoms with Gasteiger partial charge in [0.2, 0.25) is 0 Å². The fraction of sp³-hybridized carbons (Fsp3) is 0.571. The average Bonchev–Trinajstić information content (AvgIpc) is 2.31. The Morgan fingerprint density at radius 3 is 2.72 bits per heavy atom. The van der Waals surface area contributed by atoms with Gasteiger partial charge in [0.25, 0.3) is 0 Å². The molecule has 0 aromatic heterocycles. The Morgan fingerprint density at radius 1 is 1.39 bits per heavy atom. The number of hydrogen-bond acceptors (Lipinski definition) is 2. The SMILES string of the molecule is CCNC(CSC(C)C)Cc1cc(F)ccc1Cl. The van der Waals surface area contributed by atoms with E-state index in [0.29, 0.717) is 16.3 Å². The molecule has 0 heterocycles. The Hall–Kier alpha value is -0.250. The van der Waals surface area contributed by atoms with E-state index in [9.17, 15) is 4.39 Å². The maximum absolute atomic E-state index is 13.2. The van der Waals surface area contributed by atoms with Crippen molar-refractivity contribution in [2.75, 3.05) is 12.3 Å². The molecule has 0 aliphatic rings. The third-order valence-electron chi connectivity index (χ3n) is 2.60. The van der Waals surface area contributed by atoms with Gasteiger partial charge in [-0.25, -0.2) is 4.39 Å². The first-order chi connectivity index (χ1) is 8.52. The molecule has 0 aliphatic carbocycles.